The molecule has 0 spiro atoms. The summed E-state index contributed by atoms with van der Waals surface area (Å²) in [6.07, 6.45) is 4.46. The zero-order valence-electron chi connectivity index (χ0n) is 7.63. The van der Waals surface area contributed by atoms with Gasteiger partial charge in [0.05, 0.1) is 5.29 Å². The third-order valence-electron chi connectivity index (χ3n) is 2.54. The van der Waals surface area contributed by atoms with Gasteiger partial charge in [-0.05, 0) is 12.5 Å². The second kappa shape index (κ2) is 3.34. The molecule has 1 atom stereocenters. The van der Waals surface area contributed by atoms with Crippen LogP contribution in [0.2, 0.25) is 0 Å². The Kier molecular flexibility index (Phi) is 2.17. The number of aliphatic hydroxyl groups is 1. The van der Waals surface area contributed by atoms with Gasteiger partial charge in [-0.2, -0.15) is 0 Å². The van der Waals surface area contributed by atoms with Gasteiger partial charge >= 0.3 is 0 Å². The van der Waals surface area contributed by atoms with Crippen molar-refractivity contribution in [2.45, 2.75) is 18.6 Å². The van der Waals surface area contributed by atoms with E-state index in [1.165, 1.54) is 5.01 Å². The minimum absolute atomic E-state index is 0.495. The van der Waals surface area contributed by atoms with E-state index >= 15 is 0 Å². The maximum atomic E-state index is 10.5. The molecule has 0 bridgehead atoms. The van der Waals surface area contributed by atoms with E-state index in [1.807, 2.05) is 0 Å². The number of aromatic nitrogens is 1. The molecule has 1 aliphatic rings. The Morgan fingerprint density at radius 3 is 3.14 bits per heavy atom. The smallest absolute Gasteiger partial charge is 0.184 e. The largest absolute Gasteiger partial charge is 0.365 e. The van der Waals surface area contributed by atoms with Crippen LogP contribution in [0, 0.1) is 4.91 Å². The van der Waals surface area contributed by atoms with E-state index in [2.05, 4.69) is 10.3 Å². The average Bonchev–Trinajstić information content (AvgIpc) is 2.62. The summed E-state index contributed by atoms with van der Waals surface area (Å²) in [5.74, 6) is 0. The Morgan fingerprint density at radius 2 is 2.50 bits per heavy atom. The number of pyridine rings is 1. The lowest BCUT2D eigenvalue weighted by Gasteiger charge is -2.28. The van der Waals surface area contributed by atoms with Gasteiger partial charge in [-0.3, -0.25) is 4.98 Å². The van der Waals surface area contributed by atoms with Crippen molar-refractivity contribution in [3.63, 3.8) is 0 Å². The summed E-state index contributed by atoms with van der Waals surface area (Å²) >= 11 is 0. The predicted octanol–water partition coefficient (Wildman–Crippen LogP) is 1.00. The summed E-state index contributed by atoms with van der Waals surface area (Å²) in [7, 11) is 0. The molecule has 1 saturated heterocycles. The second-order valence-corrected chi connectivity index (χ2v) is 3.37. The van der Waals surface area contributed by atoms with Crippen LogP contribution >= 0.6 is 0 Å². The molecule has 2 heterocycles. The van der Waals surface area contributed by atoms with E-state index in [1.54, 1.807) is 24.5 Å². The molecule has 1 N–H and O–H groups in total. The molecule has 0 radical (unpaired) electrons. The van der Waals surface area contributed by atoms with Gasteiger partial charge in [-0.25, -0.2) is 5.01 Å². The Balaban J connectivity index is 2.36. The van der Waals surface area contributed by atoms with Crippen molar-refractivity contribution >= 4 is 0 Å². The van der Waals surface area contributed by atoms with E-state index in [0.29, 0.717) is 18.5 Å². The summed E-state index contributed by atoms with van der Waals surface area (Å²) in [5, 5.41) is 14.2. The fourth-order valence-electron chi connectivity index (χ4n) is 1.79. The quantitative estimate of drug-likeness (QED) is 0.712. The minimum atomic E-state index is -1.25. The van der Waals surface area contributed by atoms with Crippen LogP contribution in [0.25, 0.3) is 0 Å². The molecule has 1 fully saturated rings. The molecule has 5 nitrogen and oxygen atoms in total. The van der Waals surface area contributed by atoms with Crippen molar-refractivity contribution < 1.29 is 5.11 Å². The van der Waals surface area contributed by atoms with Crippen molar-refractivity contribution in [2.75, 3.05) is 6.54 Å². The molecule has 0 saturated carbocycles. The summed E-state index contributed by atoms with van der Waals surface area (Å²) in [5.41, 5.74) is -0.632. The van der Waals surface area contributed by atoms with Gasteiger partial charge in [-0.1, -0.05) is 6.07 Å². The number of nitroso groups, excluding NO2 is 1. The first-order valence-corrected chi connectivity index (χ1v) is 4.51. The number of hydrogen-bond donors (Lipinski definition) is 1. The molecule has 0 aliphatic carbocycles. The van der Waals surface area contributed by atoms with Crippen molar-refractivity contribution in [3.05, 3.63) is 35.0 Å². The number of rotatable bonds is 2. The highest BCUT2D eigenvalue weighted by molar-refractivity contribution is 5.18. The van der Waals surface area contributed by atoms with Gasteiger partial charge < -0.3 is 5.11 Å². The lowest BCUT2D eigenvalue weighted by molar-refractivity contribution is -0.0881. The first-order valence-electron chi connectivity index (χ1n) is 4.51. The number of hydrogen-bond acceptors (Lipinski definition) is 4. The van der Waals surface area contributed by atoms with Crippen molar-refractivity contribution in [2.24, 2.45) is 5.29 Å². The van der Waals surface area contributed by atoms with Crippen LogP contribution in [0.3, 0.4) is 0 Å². The van der Waals surface area contributed by atoms with Crippen LogP contribution in [0.4, 0.5) is 0 Å². The minimum Gasteiger partial charge on any atom is -0.365 e. The molecule has 74 valence electrons. The van der Waals surface area contributed by atoms with Crippen molar-refractivity contribution in [1.29, 1.82) is 0 Å². The molecule has 0 aromatic carbocycles. The maximum Gasteiger partial charge on any atom is 0.184 e. The average molecular weight is 193 g/mol. The SMILES string of the molecule is O=NN1CCCC1(O)c1cccnc1. The maximum absolute atomic E-state index is 10.5. The van der Waals surface area contributed by atoms with Gasteiger partial charge in [0.2, 0.25) is 0 Å². The highest BCUT2D eigenvalue weighted by Gasteiger charge is 2.41. The van der Waals surface area contributed by atoms with Crippen molar-refractivity contribution in [3.8, 4) is 0 Å². The molecule has 1 unspecified atom stereocenters. The van der Waals surface area contributed by atoms with Gasteiger partial charge in [0.25, 0.3) is 0 Å². The van der Waals surface area contributed by atoms with Gasteiger partial charge in [-0.15, -0.1) is 4.91 Å². The lowest BCUT2D eigenvalue weighted by Crippen LogP contribution is -2.37. The first kappa shape index (κ1) is 9.08. The fourth-order valence-corrected chi connectivity index (χ4v) is 1.79. The fraction of sp³-hybridized carbons (Fsp3) is 0.444. The zero-order valence-corrected chi connectivity index (χ0v) is 7.63. The van der Waals surface area contributed by atoms with E-state index in [-0.39, 0.29) is 0 Å². The second-order valence-electron chi connectivity index (χ2n) is 3.37. The molecule has 5 heteroatoms. The Morgan fingerprint density at radius 1 is 1.64 bits per heavy atom. The third kappa shape index (κ3) is 1.26. The van der Waals surface area contributed by atoms with Crippen LogP contribution in [-0.2, 0) is 5.72 Å². The Hall–Kier alpha value is -1.49. The van der Waals surface area contributed by atoms with Gasteiger partial charge in [0.1, 0.15) is 0 Å². The van der Waals surface area contributed by atoms with Gasteiger partial charge in [0.15, 0.2) is 5.72 Å². The Labute approximate surface area is 81.3 Å². The van der Waals surface area contributed by atoms with Crippen molar-refractivity contribution in [1.82, 2.24) is 9.99 Å². The van der Waals surface area contributed by atoms with Crippen LogP contribution < -0.4 is 0 Å². The molecular weight excluding hydrogens is 182 g/mol. The molecule has 0 amide bonds. The highest BCUT2D eigenvalue weighted by atomic mass is 16.4. The van der Waals surface area contributed by atoms with Crippen LogP contribution in [0.5, 0.6) is 0 Å². The zero-order chi connectivity index (χ0) is 10.0. The van der Waals surface area contributed by atoms with E-state index in [4.69, 9.17) is 0 Å². The molecule has 1 aromatic heterocycles. The number of nitrogens with zero attached hydrogens (tertiary/aromatic N) is 3. The lowest BCUT2D eigenvalue weighted by atomic mass is 10.0. The van der Waals surface area contributed by atoms with Crippen LogP contribution in [0.1, 0.15) is 18.4 Å². The topological polar surface area (TPSA) is 65.8 Å². The van der Waals surface area contributed by atoms with E-state index in [0.717, 1.165) is 6.42 Å². The standard InChI is InChI=1S/C9H11N3O2/c13-9(4-2-6-12(9)11-14)8-3-1-5-10-7-8/h1,3,5,7,13H,2,4,6H2. The predicted molar refractivity (Wildman–Crippen MR) is 49.9 cm³/mol. The summed E-state index contributed by atoms with van der Waals surface area (Å²) in [6, 6.07) is 3.48. The summed E-state index contributed by atoms with van der Waals surface area (Å²) in [6.45, 7) is 0.495. The molecule has 14 heavy (non-hydrogen) atoms. The highest BCUT2D eigenvalue weighted by Crippen LogP contribution is 2.35. The normalized spacial score (nSPS) is 26.5. The molecule has 2 rings (SSSR count). The first-order chi connectivity index (χ1) is 6.77. The molecule has 1 aliphatic heterocycles. The monoisotopic (exact) mass is 193 g/mol. The van der Waals surface area contributed by atoms with E-state index in [9.17, 15) is 10.0 Å². The summed E-state index contributed by atoms with van der Waals surface area (Å²) < 4.78 is 0. The third-order valence-corrected chi connectivity index (χ3v) is 2.54. The molecular formula is C9H11N3O2. The summed E-state index contributed by atoms with van der Waals surface area (Å²) in [4.78, 5) is 14.4. The van der Waals surface area contributed by atoms with Gasteiger partial charge in [0, 0.05) is 30.9 Å². The van der Waals surface area contributed by atoms with Crippen LogP contribution in [0.15, 0.2) is 29.8 Å². The Bertz CT molecular complexity index is 330. The van der Waals surface area contributed by atoms with Crippen LogP contribution in [-0.4, -0.2) is 21.6 Å². The van der Waals surface area contributed by atoms with E-state index < -0.39 is 5.72 Å². The molecule has 1 aromatic rings.